The number of carboxylic acid groups (broad SMARTS) is 1. The summed E-state index contributed by atoms with van der Waals surface area (Å²) in [5, 5.41) is 17.5. The number of carboxylic acids is 1. The Labute approximate surface area is 206 Å². The third-order valence-corrected chi connectivity index (χ3v) is 6.62. The van der Waals surface area contributed by atoms with Gasteiger partial charge in [0.05, 0.1) is 6.04 Å². The largest absolute Gasteiger partial charge is 0.480 e. The second-order valence-corrected chi connectivity index (χ2v) is 10.6. The number of hydrogen-bond donors (Lipinski definition) is 5. The molecule has 0 saturated carbocycles. The molecule has 33 heavy (non-hydrogen) atoms. The van der Waals surface area contributed by atoms with Crippen molar-refractivity contribution >= 4 is 47.2 Å². The van der Waals surface area contributed by atoms with Crippen LogP contribution in [0.3, 0.4) is 0 Å². The quantitative estimate of drug-likeness (QED) is 0.199. The Bertz CT molecular complexity index is 636. The van der Waals surface area contributed by atoms with Crippen molar-refractivity contribution in [3.05, 3.63) is 0 Å². The molecule has 0 fully saturated rings. The smallest absolute Gasteiger partial charge is 0.326 e. The van der Waals surface area contributed by atoms with Gasteiger partial charge in [0, 0.05) is 0 Å². The van der Waals surface area contributed by atoms with Crippen molar-refractivity contribution in [1.29, 1.82) is 0 Å². The van der Waals surface area contributed by atoms with E-state index in [1.807, 2.05) is 40.2 Å². The summed E-state index contributed by atoms with van der Waals surface area (Å²) in [5.41, 5.74) is 5.95. The monoisotopic (exact) mass is 506 g/mol. The third kappa shape index (κ3) is 12.5. The van der Waals surface area contributed by atoms with E-state index in [1.165, 1.54) is 11.8 Å². The number of thioether (sulfide) groups is 2. The maximum Gasteiger partial charge on any atom is 0.326 e. The maximum absolute atomic E-state index is 13.1. The molecule has 5 unspecified atom stereocenters. The number of carbonyl (C=O) groups is 4. The molecule has 0 aliphatic rings. The summed E-state index contributed by atoms with van der Waals surface area (Å²) < 4.78 is 0. The molecule has 0 saturated heterocycles. The van der Waals surface area contributed by atoms with E-state index in [9.17, 15) is 24.3 Å². The summed E-state index contributed by atoms with van der Waals surface area (Å²) in [7, 11) is 0. The molecule has 0 bridgehead atoms. The van der Waals surface area contributed by atoms with Gasteiger partial charge in [0.1, 0.15) is 18.1 Å². The first-order valence-electron chi connectivity index (χ1n) is 11.4. The fourth-order valence-electron chi connectivity index (χ4n) is 3.07. The van der Waals surface area contributed by atoms with Crippen LogP contribution in [0.2, 0.25) is 0 Å². The van der Waals surface area contributed by atoms with Crippen LogP contribution in [-0.2, 0) is 19.2 Å². The molecule has 6 N–H and O–H groups in total. The molecule has 5 atom stereocenters. The van der Waals surface area contributed by atoms with E-state index in [1.54, 1.807) is 11.8 Å². The first kappa shape index (κ1) is 31.5. The molecule has 0 aromatic carbocycles. The number of rotatable bonds is 17. The number of aliphatic carboxylic acids is 1. The maximum atomic E-state index is 13.1. The van der Waals surface area contributed by atoms with E-state index in [4.69, 9.17) is 5.73 Å². The highest BCUT2D eigenvalue weighted by Gasteiger charge is 2.32. The van der Waals surface area contributed by atoms with Gasteiger partial charge >= 0.3 is 5.97 Å². The van der Waals surface area contributed by atoms with Crippen molar-refractivity contribution in [3.8, 4) is 0 Å². The highest BCUT2D eigenvalue weighted by molar-refractivity contribution is 7.98. The van der Waals surface area contributed by atoms with Gasteiger partial charge in [-0.15, -0.1) is 0 Å². The Morgan fingerprint density at radius 1 is 0.848 bits per heavy atom. The summed E-state index contributed by atoms with van der Waals surface area (Å²) in [5.74, 6) is -1.34. The summed E-state index contributed by atoms with van der Waals surface area (Å²) in [6.07, 6.45) is 5.53. The number of carbonyl (C=O) groups excluding carboxylic acids is 3. The molecular formula is C22H42N4O5S2. The van der Waals surface area contributed by atoms with E-state index in [0.29, 0.717) is 25.0 Å². The number of nitrogens with one attached hydrogen (secondary N) is 3. The van der Waals surface area contributed by atoms with Crippen molar-refractivity contribution in [2.24, 2.45) is 17.6 Å². The van der Waals surface area contributed by atoms with Gasteiger partial charge in [-0.3, -0.25) is 14.4 Å². The lowest BCUT2D eigenvalue weighted by Gasteiger charge is -2.28. The first-order chi connectivity index (χ1) is 15.5. The zero-order valence-corrected chi connectivity index (χ0v) is 22.3. The summed E-state index contributed by atoms with van der Waals surface area (Å²) in [6, 6.07) is -3.52. The van der Waals surface area contributed by atoms with Gasteiger partial charge in [0.25, 0.3) is 0 Å². The number of amides is 3. The Balaban J connectivity index is 5.46. The van der Waals surface area contributed by atoms with E-state index < -0.39 is 47.9 Å². The van der Waals surface area contributed by atoms with Crippen LogP contribution in [0.4, 0.5) is 0 Å². The minimum Gasteiger partial charge on any atom is -0.480 e. The average Bonchev–Trinajstić information content (AvgIpc) is 2.76. The average molecular weight is 507 g/mol. The van der Waals surface area contributed by atoms with Crippen LogP contribution in [0.25, 0.3) is 0 Å². The first-order valence-corrected chi connectivity index (χ1v) is 14.1. The minimum atomic E-state index is -1.11. The zero-order chi connectivity index (χ0) is 25.6. The van der Waals surface area contributed by atoms with Crippen molar-refractivity contribution in [3.63, 3.8) is 0 Å². The normalized spacial score (nSPS) is 15.8. The molecule has 0 aromatic rings. The lowest BCUT2D eigenvalue weighted by molar-refractivity contribution is -0.142. The Kier molecular flexibility index (Phi) is 16.3. The molecule has 0 aromatic heterocycles. The van der Waals surface area contributed by atoms with Crippen LogP contribution in [0.1, 0.15) is 53.4 Å². The number of hydrogen-bond acceptors (Lipinski definition) is 7. The van der Waals surface area contributed by atoms with Crippen LogP contribution in [0.5, 0.6) is 0 Å². The van der Waals surface area contributed by atoms with Crippen LogP contribution >= 0.6 is 23.5 Å². The van der Waals surface area contributed by atoms with Gasteiger partial charge in [0.2, 0.25) is 17.7 Å². The standard InChI is InChI=1S/C22H42N4O5S2/c1-7-14(4)18(26-19(27)15(23)8-10-32-5)21(29)25-17(12-13(2)3)20(28)24-16(22(30)31)9-11-33-6/h13-18H,7-12,23H2,1-6H3,(H,24,28)(H,25,29)(H,26,27)(H,30,31). The molecule has 9 nitrogen and oxygen atoms in total. The SMILES string of the molecule is CCC(C)C(NC(=O)C(N)CCSC)C(=O)NC(CC(C)C)C(=O)NC(CCSC)C(=O)O. The van der Waals surface area contributed by atoms with Crippen LogP contribution in [0.15, 0.2) is 0 Å². The fraction of sp³-hybridized carbons (Fsp3) is 0.818. The minimum absolute atomic E-state index is 0.0760. The predicted molar refractivity (Wildman–Crippen MR) is 136 cm³/mol. The number of nitrogens with two attached hydrogens (primary N) is 1. The van der Waals surface area contributed by atoms with Gasteiger partial charge in [-0.2, -0.15) is 23.5 Å². The fourth-order valence-corrected chi connectivity index (χ4v) is 4.03. The second-order valence-electron chi connectivity index (χ2n) is 8.63. The molecule has 192 valence electrons. The Hall–Kier alpha value is -1.46. The highest BCUT2D eigenvalue weighted by Crippen LogP contribution is 2.12. The Morgan fingerprint density at radius 2 is 1.39 bits per heavy atom. The predicted octanol–water partition coefficient (Wildman–Crippen LogP) is 1.45. The molecule has 0 aliphatic carbocycles. The van der Waals surface area contributed by atoms with Gasteiger partial charge in [-0.25, -0.2) is 4.79 Å². The molecule has 11 heteroatoms. The van der Waals surface area contributed by atoms with Crippen molar-refractivity contribution in [2.75, 3.05) is 24.0 Å². The van der Waals surface area contributed by atoms with Gasteiger partial charge in [-0.1, -0.05) is 34.1 Å². The van der Waals surface area contributed by atoms with E-state index in [2.05, 4.69) is 16.0 Å². The Morgan fingerprint density at radius 3 is 1.88 bits per heavy atom. The van der Waals surface area contributed by atoms with Crippen molar-refractivity contribution < 1.29 is 24.3 Å². The molecule has 0 spiro atoms. The van der Waals surface area contributed by atoms with Gasteiger partial charge < -0.3 is 26.8 Å². The topological polar surface area (TPSA) is 151 Å². The molecular weight excluding hydrogens is 464 g/mol. The summed E-state index contributed by atoms with van der Waals surface area (Å²) in [4.78, 5) is 50.1. The van der Waals surface area contributed by atoms with Crippen molar-refractivity contribution in [2.45, 2.75) is 77.5 Å². The van der Waals surface area contributed by atoms with Crippen LogP contribution in [-0.4, -0.2) is 77.0 Å². The zero-order valence-electron chi connectivity index (χ0n) is 20.7. The lowest BCUT2D eigenvalue weighted by Crippen LogP contribution is -2.58. The summed E-state index contributed by atoms with van der Waals surface area (Å²) >= 11 is 3.08. The van der Waals surface area contributed by atoms with Gasteiger partial charge in [-0.05, 0) is 55.1 Å². The molecule has 0 aliphatic heterocycles. The summed E-state index contributed by atoms with van der Waals surface area (Å²) in [6.45, 7) is 7.58. The van der Waals surface area contributed by atoms with Gasteiger partial charge in [0.15, 0.2) is 0 Å². The van der Waals surface area contributed by atoms with E-state index in [0.717, 1.165) is 5.75 Å². The third-order valence-electron chi connectivity index (χ3n) is 5.33. The van der Waals surface area contributed by atoms with Crippen LogP contribution < -0.4 is 21.7 Å². The highest BCUT2D eigenvalue weighted by atomic mass is 32.2. The molecule has 3 amide bonds. The molecule has 0 heterocycles. The lowest BCUT2D eigenvalue weighted by atomic mass is 9.96. The van der Waals surface area contributed by atoms with Crippen LogP contribution in [0, 0.1) is 11.8 Å². The van der Waals surface area contributed by atoms with E-state index >= 15 is 0 Å². The second kappa shape index (κ2) is 17.0. The van der Waals surface area contributed by atoms with E-state index in [-0.39, 0.29) is 18.3 Å². The molecule has 0 rings (SSSR count). The molecule has 0 radical (unpaired) electrons. The van der Waals surface area contributed by atoms with Crippen molar-refractivity contribution in [1.82, 2.24) is 16.0 Å².